The second-order valence-electron chi connectivity index (χ2n) is 8.76. The fourth-order valence-corrected chi connectivity index (χ4v) is 5.69. The maximum atomic E-state index is 12.6. The van der Waals surface area contributed by atoms with Crippen LogP contribution < -0.4 is 9.47 Å². The van der Waals surface area contributed by atoms with Gasteiger partial charge in [0.25, 0.3) is 0 Å². The van der Waals surface area contributed by atoms with E-state index in [2.05, 4.69) is 14.9 Å². The smallest absolute Gasteiger partial charge is 0.351 e. The summed E-state index contributed by atoms with van der Waals surface area (Å²) in [6.07, 6.45) is -0.467. The number of nitrogens with one attached hydrogen (secondary N) is 1. The van der Waals surface area contributed by atoms with Crippen LogP contribution in [0.4, 0.5) is 0 Å². The molecule has 1 atom stereocenters. The number of aromatic amines is 1. The van der Waals surface area contributed by atoms with Crippen molar-refractivity contribution in [2.45, 2.75) is 13.0 Å². The first-order valence-corrected chi connectivity index (χ1v) is 13.8. The molecule has 5 rings (SSSR count). The molecule has 200 valence electrons. The summed E-state index contributed by atoms with van der Waals surface area (Å²) in [7, 11) is 1.34. The summed E-state index contributed by atoms with van der Waals surface area (Å²) in [4.78, 5) is 23.8. The highest BCUT2D eigenvalue weighted by Crippen LogP contribution is 2.40. The third kappa shape index (κ3) is 5.92. The van der Waals surface area contributed by atoms with E-state index in [1.54, 1.807) is 18.2 Å². The molecule has 0 unspecified atom stereocenters. The van der Waals surface area contributed by atoms with Crippen molar-refractivity contribution in [1.29, 1.82) is 0 Å². The van der Waals surface area contributed by atoms with Crippen molar-refractivity contribution in [3.8, 4) is 22.2 Å². The summed E-state index contributed by atoms with van der Waals surface area (Å²) < 4.78 is 22.7. The van der Waals surface area contributed by atoms with Gasteiger partial charge in [0, 0.05) is 36.3 Å². The lowest BCUT2D eigenvalue weighted by molar-refractivity contribution is 0.0322. The lowest BCUT2D eigenvalue weighted by Crippen LogP contribution is -2.38. The number of halogens is 2. The number of methoxy groups -OCH3 is 1. The van der Waals surface area contributed by atoms with Gasteiger partial charge in [-0.15, -0.1) is 11.3 Å². The molecule has 2 aromatic carbocycles. The largest absolute Gasteiger partial charge is 0.491 e. The molecule has 1 aliphatic heterocycles. The number of rotatable bonds is 9. The number of carbonyl (C=O) groups is 1. The van der Waals surface area contributed by atoms with E-state index in [-0.39, 0.29) is 0 Å². The number of thiophene rings is 1. The summed E-state index contributed by atoms with van der Waals surface area (Å²) in [6, 6.07) is 12.8. The molecule has 1 N–H and O–H groups in total. The van der Waals surface area contributed by atoms with Gasteiger partial charge in [0.2, 0.25) is 0 Å². The first-order chi connectivity index (χ1) is 18.4. The molecule has 2 aromatic heterocycles. The van der Waals surface area contributed by atoms with Crippen molar-refractivity contribution in [2.24, 2.45) is 0 Å². The Morgan fingerprint density at radius 3 is 2.79 bits per heavy atom. The van der Waals surface area contributed by atoms with Gasteiger partial charge in [-0.05, 0) is 31.2 Å². The van der Waals surface area contributed by atoms with Crippen molar-refractivity contribution in [1.82, 2.24) is 14.9 Å². The van der Waals surface area contributed by atoms with E-state index in [9.17, 15) is 4.79 Å². The first kappa shape index (κ1) is 26.8. The Morgan fingerprint density at radius 1 is 1.18 bits per heavy atom. The summed E-state index contributed by atoms with van der Waals surface area (Å²) in [5.74, 6) is 1.09. The molecular weight excluding hydrogens is 549 g/mol. The van der Waals surface area contributed by atoms with Crippen LogP contribution in [0.3, 0.4) is 0 Å². The fraction of sp³-hybridized carbons (Fsp3) is 0.333. The summed E-state index contributed by atoms with van der Waals surface area (Å²) in [6.45, 7) is 6.47. The normalized spacial score (nSPS) is 14.9. The molecule has 0 amide bonds. The van der Waals surface area contributed by atoms with Gasteiger partial charge in [0.15, 0.2) is 4.88 Å². The van der Waals surface area contributed by atoms with Gasteiger partial charge in [0.05, 0.1) is 41.3 Å². The molecule has 3 heterocycles. The van der Waals surface area contributed by atoms with Crippen LogP contribution in [0.15, 0.2) is 42.5 Å². The Kier molecular flexibility index (Phi) is 8.40. The van der Waals surface area contributed by atoms with E-state index in [0.29, 0.717) is 38.9 Å². The average molecular weight is 577 g/mol. The molecule has 38 heavy (non-hydrogen) atoms. The van der Waals surface area contributed by atoms with Crippen LogP contribution in [0.2, 0.25) is 10.0 Å². The highest BCUT2D eigenvalue weighted by molar-refractivity contribution is 7.17. The maximum Gasteiger partial charge on any atom is 0.351 e. The van der Waals surface area contributed by atoms with Crippen LogP contribution in [0.5, 0.6) is 11.5 Å². The third-order valence-electron chi connectivity index (χ3n) is 6.25. The number of hydrogen-bond donors (Lipinski definition) is 1. The van der Waals surface area contributed by atoms with E-state index in [0.717, 1.165) is 54.3 Å². The Balaban J connectivity index is 1.34. The van der Waals surface area contributed by atoms with Gasteiger partial charge in [-0.3, -0.25) is 4.90 Å². The van der Waals surface area contributed by atoms with E-state index in [1.807, 2.05) is 31.2 Å². The molecule has 4 aromatic rings. The van der Waals surface area contributed by atoms with Crippen LogP contribution in [0.1, 0.15) is 28.3 Å². The van der Waals surface area contributed by atoms with Crippen molar-refractivity contribution in [3.63, 3.8) is 0 Å². The van der Waals surface area contributed by atoms with Gasteiger partial charge < -0.3 is 23.9 Å². The minimum atomic E-state index is -0.492. The number of ether oxygens (including phenoxy) is 4. The number of benzene rings is 2. The quantitative estimate of drug-likeness (QED) is 0.236. The summed E-state index contributed by atoms with van der Waals surface area (Å²) in [5.41, 5.74) is 2.32. The minimum Gasteiger partial charge on any atom is -0.491 e. The summed E-state index contributed by atoms with van der Waals surface area (Å²) >= 11 is 14.1. The second kappa shape index (κ2) is 11.9. The van der Waals surface area contributed by atoms with Crippen LogP contribution in [-0.4, -0.2) is 67.4 Å². The van der Waals surface area contributed by atoms with E-state index in [4.69, 9.17) is 42.1 Å². The number of carbonyl (C=O) groups excluding carboxylic acids is 1. The molecule has 0 bridgehead atoms. The Morgan fingerprint density at radius 2 is 2.00 bits per heavy atom. The zero-order chi connectivity index (χ0) is 26.6. The molecule has 0 aliphatic carbocycles. The zero-order valence-corrected chi connectivity index (χ0v) is 23.3. The number of morpholine rings is 1. The van der Waals surface area contributed by atoms with E-state index < -0.39 is 12.1 Å². The van der Waals surface area contributed by atoms with Gasteiger partial charge in [0.1, 0.15) is 30.0 Å². The lowest BCUT2D eigenvalue weighted by Gasteiger charge is -2.26. The minimum absolute atomic E-state index is 0.335. The molecule has 0 saturated carbocycles. The molecule has 1 saturated heterocycles. The van der Waals surface area contributed by atoms with Gasteiger partial charge >= 0.3 is 5.97 Å². The first-order valence-electron chi connectivity index (χ1n) is 12.2. The Hall–Kier alpha value is -2.82. The number of aromatic nitrogens is 2. The number of H-pyrrole nitrogens is 1. The number of nitrogens with zero attached hydrogens (tertiary/aromatic N) is 2. The van der Waals surface area contributed by atoms with Crippen LogP contribution in [0.25, 0.3) is 21.7 Å². The molecular formula is C27H27Cl2N3O5S. The zero-order valence-electron chi connectivity index (χ0n) is 21.0. The average Bonchev–Trinajstić information content (AvgIpc) is 3.53. The number of fused-ring (bicyclic) bond motifs is 1. The predicted octanol–water partition coefficient (Wildman–Crippen LogP) is 6.24. The highest BCUT2D eigenvalue weighted by atomic mass is 35.5. The highest BCUT2D eigenvalue weighted by Gasteiger charge is 2.24. The molecule has 0 radical (unpaired) electrons. The molecule has 1 aliphatic rings. The standard InChI is InChI=1S/C27H27Cl2N3O5S/c1-16(18-4-3-5-21(24(18)29)36-13-10-32-8-11-35-12-9-32)37-22-15-23(38-25(22)27(33)34-2)26-30-19-7-6-17(28)14-20(19)31-26/h3-7,14-16H,8-13H2,1-2H3,(H,30,31)/t16-/m1/s1. The van der Waals surface area contributed by atoms with Crippen molar-refractivity contribution < 1.29 is 23.7 Å². The van der Waals surface area contributed by atoms with Crippen molar-refractivity contribution in [2.75, 3.05) is 46.6 Å². The van der Waals surface area contributed by atoms with Crippen LogP contribution >= 0.6 is 34.5 Å². The number of esters is 1. The molecule has 8 nitrogen and oxygen atoms in total. The topological polar surface area (TPSA) is 85.9 Å². The fourth-order valence-electron chi connectivity index (χ4n) is 4.23. The summed E-state index contributed by atoms with van der Waals surface area (Å²) in [5, 5.41) is 1.09. The van der Waals surface area contributed by atoms with Crippen LogP contribution in [0, 0.1) is 0 Å². The second-order valence-corrected chi connectivity index (χ2v) is 10.6. The maximum absolute atomic E-state index is 12.6. The van der Waals surface area contributed by atoms with E-state index >= 15 is 0 Å². The van der Waals surface area contributed by atoms with Crippen LogP contribution in [-0.2, 0) is 9.47 Å². The predicted molar refractivity (Wildman–Crippen MR) is 149 cm³/mol. The number of hydrogen-bond acceptors (Lipinski definition) is 8. The van der Waals surface area contributed by atoms with Gasteiger partial charge in [-0.2, -0.15) is 0 Å². The monoisotopic (exact) mass is 575 g/mol. The van der Waals surface area contributed by atoms with E-state index in [1.165, 1.54) is 18.4 Å². The van der Waals surface area contributed by atoms with Crippen molar-refractivity contribution >= 4 is 51.5 Å². The van der Waals surface area contributed by atoms with Crippen molar-refractivity contribution in [3.05, 3.63) is 63.0 Å². The third-order valence-corrected chi connectivity index (χ3v) is 7.99. The van der Waals surface area contributed by atoms with Gasteiger partial charge in [-0.25, -0.2) is 9.78 Å². The Bertz CT molecular complexity index is 1430. The van der Waals surface area contributed by atoms with Gasteiger partial charge in [-0.1, -0.05) is 35.3 Å². The molecule has 0 spiro atoms. The Labute approximate surface area is 234 Å². The SMILES string of the molecule is COC(=O)c1sc(-c2nc3ccc(Cl)cc3[nH]2)cc1O[C@H](C)c1cccc(OCCN2CCOCC2)c1Cl. The lowest BCUT2D eigenvalue weighted by atomic mass is 10.1. The number of imidazole rings is 1. The molecule has 11 heteroatoms. The molecule has 1 fully saturated rings.